The molecule has 3 rings (SSSR count). The number of para-hydroxylation sites is 1. The largest absolute Gasteiger partial charge is 0.411 e. The number of fused-ring (bicyclic) bond motifs is 1. The van der Waals surface area contributed by atoms with Crippen LogP contribution in [0.25, 0.3) is 22.4 Å². The normalized spacial score (nSPS) is 10.7. The molecule has 0 aliphatic rings. The maximum Gasteiger partial charge on any atom is 0.277 e. The van der Waals surface area contributed by atoms with Crippen molar-refractivity contribution in [1.29, 1.82) is 0 Å². The summed E-state index contributed by atoms with van der Waals surface area (Å²) in [5, 5.41) is 9.67. The zero-order valence-corrected chi connectivity index (χ0v) is 11.1. The van der Waals surface area contributed by atoms with E-state index in [-0.39, 0.29) is 0 Å². The predicted octanol–water partition coefficient (Wildman–Crippen LogP) is 2.95. The molecule has 2 aromatic heterocycles. The van der Waals surface area contributed by atoms with Gasteiger partial charge in [-0.15, -0.1) is 16.6 Å². The van der Waals surface area contributed by atoms with Crippen LogP contribution in [0.1, 0.15) is 0 Å². The third kappa shape index (κ3) is 2.11. The molecule has 1 aromatic carbocycles. The fraction of sp³-hybridized carbons (Fsp3) is 0.143. The Hall–Kier alpha value is -2.19. The number of terminal acetylenes is 1. The van der Waals surface area contributed by atoms with Crippen molar-refractivity contribution in [3.05, 3.63) is 30.5 Å². The summed E-state index contributed by atoms with van der Waals surface area (Å²) in [7, 11) is 2.00. The molecule has 0 aliphatic carbocycles. The van der Waals surface area contributed by atoms with Crippen LogP contribution in [-0.2, 0) is 7.05 Å². The third-order valence-corrected chi connectivity index (χ3v) is 3.54. The van der Waals surface area contributed by atoms with Crippen molar-refractivity contribution in [1.82, 2.24) is 14.8 Å². The highest BCUT2D eigenvalue weighted by molar-refractivity contribution is 7.99. The number of nitrogens with zero attached hydrogens (tertiary/aromatic N) is 3. The molecule has 0 atom stereocenters. The van der Waals surface area contributed by atoms with Crippen molar-refractivity contribution in [2.24, 2.45) is 7.05 Å². The van der Waals surface area contributed by atoms with Crippen molar-refractivity contribution in [3.8, 4) is 23.8 Å². The van der Waals surface area contributed by atoms with E-state index in [2.05, 4.69) is 22.2 Å². The van der Waals surface area contributed by atoms with E-state index in [1.807, 2.05) is 36.0 Å². The number of aryl methyl sites for hydroxylation is 1. The molecule has 5 heteroatoms. The smallest absolute Gasteiger partial charge is 0.277 e. The molecule has 0 amide bonds. The number of hydrogen-bond donors (Lipinski definition) is 0. The van der Waals surface area contributed by atoms with Gasteiger partial charge in [-0.1, -0.05) is 35.9 Å². The van der Waals surface area contributed by atoms with E-state index >= 15 is 0 Å². The first-order chi connectivity index (χ1) is 9.29. The topological polar surface area (TPSA) is 43.9 Å². The summed E-state index contributed by atoms with van der Waals surface area (Å²) in [5.74, 6) is 3.58. The second-order valence-electron chi connectivity index (χ2n) is 4.04. The summed E-state index contributed by atoms with van der Waals surface area (Å²) < 4.78 is 7.67. The van der Waals surface area contributed by atoms with Gasteiger partial charge in [-0.25, -0.2) is 0 Å². The molecule has 0 N–H and O–H groups in total. The molecule has 0 radical (unpaired) electrons. The highest BCUT2D eigenvalue weighted by atomic mass is 32.2. The van der Waals surface area contributed by atoms with Crippen molar-refractivity contribution in [3.63, 3.8) is 0 Å². The number of hydrogen-bond acceptors (Lipinski definition) is 4. The van der Waals surface area contributed by atoms with Gasteiger partial charge in [0.25, 0.3) is 11.1 Å². The number of rotatable bonds is 3. The third-order valence-electron chi connectivity index (χ3n) is 2.81. The van der Waals surface area contributed by atoms with Gasteiger partial charge in [0.2, 0.25) is 0 Å². The van der Waals surface area contributed by atoms with Crippen LogP contribution >= 0.6 is 11.8 Å². The molecule has 0 saturated carbocycles. The zero-order valence-electron chi connectivity index (χ0n) is 10.3. The van der Waals surface area contributed by atoms with Gasteiger partial charge in [-0.2, -0.15) is 0 Å². The fourth-order valence-corrected chi connectivity index (χ4v) is 2.44. The lowest BCUT2D eigenvalue weighted by atomic mass is 10.2. The molecule has 0 fully saturated rings. The molecule has 19 heavy (non-hydrogen) atoms. The standard InChI is InChI=1S/C14H11N3OS/c1-3-8-19-14-16-15-13(18-14)11-9-17(2)12-7-5-4-6-10(11)12/h1,4-7,9H,8H2,2H3. The van der Waals surface area contributed by atoms with E-state index < -0.39 is 0 Å². The molecule has 0 spiro atoms. The quantitative estimate of drug-likeness (QED) is 0.541. The van der Waals surface area contributed by atoms with Crippen LogP contribution < -0.4 is 0 Å². The molecular weight excluding hydrogens is 258 g/mol. The Morgan fingerprint density at radius 3 is 3.05 bits per heavy atom. The van der Waals surface area contributed by atoms with Crippen LogP contribution in [0.5, 0.6) is 0 Å². The average molecular weight is 269 g/mol. The monoisotopic (exact) mass is 269 g/mol. The Labute approximate surface area is 114 Å². The van der Waals surface area contributed by atoms with Crippen molar-refractivity contribution in [2.45, 2.75) is 5.22 Å². The highest BCUT2D eigenvalue weighted by Gasteiger charge is 2.14. The highest BCUT2D eigenvalue weighted by Crippen LogP contribution is 2.30. The molecule has 94 valence electrons. The van der Waals surface area contributed by atoms with Crippen LogP contribution in [0.15, 0.2) is 40.1 Å². The van der Waals surface area contributed by atoms with E-state index in [9.17, 15) is 0 Å². The Morgan fingerprint density at radius 1 is 1.37 bits per heavy atom. The lowest BCUT2D eigenvalue weighted by Gasteiger charge is -1.93. The summed E-state index contributed by atoms with van der Waals surface area (Å²) in [6.45, 7) is 0. The molecular formula is C14H11N3OS. The van der Waals surface area contributed by atoms with Gasteiger partial charge in [0.15, 0.2) is 0 Å². The fourth-order valence-electron chi connectivity index (χ4n) is 1.99. The van der Waals surface area contributed by atoms with E-state index in [0.29, 0.717) is 16.9 Å². The molecule has 0 bridgehead atoms. The van der Waals surface area contributed by atoms with Gasteiger partial charge < -0.3 is 8.98 Å². The van der Waals surface area contributed by atoms with Gasteiger partial charge in [0.05, 0.1) is 11.3 Å². The molecule has 2 heterocycles. The van der Waals surface area contributed by atoms with Gasteiger partial charge in [-0.3, -0.25) is 0 Å². The van der Waals surface area contributed by atoms with Crippen LogP contribution in [0.4, 0.5) is 0 Å². The van der Waals surface area contributed by atoms with E-state index in [1.165, 1.54) is 11.8 Å². The minimum atomic E-state index is 0.501. The van der Waals surface area contributed by atoms with Crippen molar-refractivity contribution < 1.29 is 4.42 Å². The number of benzene rings is 1. The van der Waals surface area contributed by atoms with Gasteiger partial charge in [0, 0.05) is 24.1 Å². The minimum Gasteiger partial charge on any atom is -0.411 e. The Bertz CT molecular complexity index is 766. The number of thioether (sulfide) groups is 1. The maximum absolute atomic E-state index is 5.63. The average Bonchev–Trinajstić information content (AvgIpc) is 3.02. The van der Waals surface area contributed by atoms with Crippen LogP contribution in [-0.4, -0.2) is 20.5 Å². The minimum absolute atomic E-state index is 0.501. The van der Waals surface area contributed by atoms with E-state index in [0.717, 1.165) is 16.5 Å². The summed E-state index contributed by atoms with van der Waals surface area (Å²) in [6, 6.07) is 8.11. The summed E-state index contributed by atoms with van der Waals surface area (Å²) >= 11 is 1.36. The lowest BCUT2D eigenvalue weighted by Crippen LogP contribution is -1.81. The lowest BCUT2D eigenvalue weighted by molar-refractivity contribution is 0.466. The molecule has 0 unspecified atom stereocenters. The van der Waals surface area contributed by atoms with E-state index in [4.69, 9.17) is 10.8 Å². The van der Waals surface area contributed by atoms with Crippen molar-refractivity contribution in [2.75, 3.05) is 5.75 Å². The first-order valence-corrected chi connectivity index (χ1v) is 6.72. The van der Waals surface area contributed by atoms with Crippen LogP contribution in [0.2, 0.25) is 0 Å². The van der Waals surface area contributed by atoms with Crippen LogP contribution in [0.3, 0.4) is 0 Å². The molecule has 4 nitrogen and oxygen atoms in total. The van der Waals surface area contributed by atoms with Gasteiger partial charge in [-0.05, 0) is 6.07 Å². The Morgan fingerprint density at radius 2 is 2.21 bits per heavy atom. The zero-order chi connectivity index (χ0) is 13.2. The first kappa shape index (κ1) is 11.9. The van der Waals surface area contributed by atoms with Gasteiger partial charge >= 0.3 is 0 Å². The SMILES string of the molecule is C#CCSc1nnc(-c2cn(C)c3ccccc23)o1. The maximum atomic E-state index is 5.63. The predicted molar refractivity (Wildman–Crippen MR) is 75.8 cm³/mol. The second-order valence-corrected chi connectivity index (χ2v) is 4.96. The van der Waals surface area contributed by atoms with Crippen LogP contribution in [0, 0.1) is 12.3 Å². The number of aromatic nitrogens is 3. The summed E-state index contributed by atoms with van der Waals surface area (Å²) in [5.41, 5.74) is 2.08. The molecule has 0 aliphatic heterocycles. The van der Waals surface area contributed by atoms with Gasteiger partial charge in [0.1, 0.15) is 0 Å². The first-order valence-electron chi connectivity index (χ1n) is 5.74. The Balaban J connectivity index is 2.05. The summed E-state index contributed by atoms with van der Waals surface area (Å²) in [4.78, 5) is 0. The Kier molecular flexibility index (Phi) is 3.02. The molecule has 3 aromatic rings. The van der Waals surface area contributed by atoms with Crippen molar-refractivity contribution >= 4 is 22.7 Å². The van der Waals surface area contributed by atoms with E-state index in [1.54, 1.807) is 0 Å². The second kappa shape index (κ2) is 4.82. The molecule has 0 saturated heterocycles. The summed E-state index contributed by atoms with van der Waals surface area (Å²) in [6.07, 6.45) is 7.20.